The fourth-order valence-electron chi connectivity index (χ4n) is 2.38. The van der Waals surface area contributed by atoms with Crippen LogP contribution in [0.25, 0.3) is 0 Å². The van der Waals surface area contributed by atoms with Gasteiger partial charge in [0.05, 0.1) is 10.5 Å². The van der Waals surface area contributed by atoms with Crippen molar-refractivity contribution in [2.75, 3.05) is 13.2 Å². The van der Waals surface area contributed by atoms with Gasteiger partial charge in [-0.2, -0.15) is 5.26 Å². The summed E-state index contributed by atoms with van der Waals surface area (Å²) in [7, 11) is -3.77. The highest BCUT2D eigenvalue weighted by molar-refractivity contribution is 7.89. The molecule has 1 heterocycles. The van der Waals surface area contributed by atoms with E-state index in [2.05, 4.69) is 4.72 Å². The Morgan fingerprint density at radius 3 is 2.71 bits per heavy atom. The first-order valence-electron chi connectivity index (χ1n) is 6.74. The minimum absolute atomic E-state index is 0.0978. The Balaban J connectivity index is 2.16. The van der Waals surface area contributed by atoms with Crippen molar-refractivity contribution >= 4 is 10.0 Å². The van der Waals surface area contributed by atoms with Gasteiger partial charge in [-0.3, -0.25) is 0 Å². The molecule has 1 atom stereocenters. The minimum Gasteiger partial charge on any atom is -0.381 e. The first kappa shape index (κ1) is 15.9. The molecule has 21 heavy (non-hydrogen) atoms. The Morgan fingerprint density at radius 2 is 2.10 bits per heavy atom. The second-order valence-electron chi connectivity index (χ2n) is 5.11. The molecule has 0 aromatic heterocycles. The van der Waals surface area contributed by atoms with Crippen molar-refractivity contribution in [3.05, 3.63) is 29.6 Å². The largest absolute Gasteiger partial charge is 0.381 e. The summed E-state index contributed by atoms with van der Waals surface area (Å²) in [6.45, 7) is 3.07. The summed E-state index contributed by atoms with van der Waals surface area (Å²) >= 11 is 0. The molecule has 2 rings (SSSR count). The van der Waals surface area contributed by atoms with E-state index in [-0.39, 0.29) is 22.4 Å². The van der Waals surface area contributed by atoms with Gasteiger partial charge in [0.2, 0.25) is 10.0 Å². The molecule has 1 aromatic carbocycles. The molecule has 0 radical (unpaired) electrons. The predicted octanol–water partition coefficient (Wildman–Crippen LogP) is 1.79. The van der Waals surface area contributed by atoms with Gasteiger partial charge in [0.1, 0.15) is 11.9 Å². The molecule has 1 aliphatic heterocycles. The molecule has 0 saturated carbocycles. The van der Waals surface area contributed by atoms with Crippen LogP contribution in [-0.4, -0.2) is 27.7 Å². The topological polar surface area (TPSA) is 79.2 Å². The van der Waals surface area contributed by atoms with Crippen molar-refractivity contribution < 1.29 is 17.5 Å². The minimum atomic E-state index is -3.77. The van der Waals surface area contributed by atoms with Crippen LogP contribution < -0.4 is 4.72 Å². The molecule has 7 heteroatoms. The summed E-state index contributed by atoms with van der Waals surface area (Å²) in [6, 6.07) is 4.60. The van der Waals surface area contributed by atoms with Gasteiger partial charge in [-0.05, 0) is 43.9 Å². The summed E-state index contributed by atoms with van der Waals surface area (Å²) in [6.07, 6.45) is 1.60. The number of ether oxygens (including phenoxy) is 1. The quantitative estimate of drug-likeness (QED) is 0.919. The Labute approximate surface area is 123 Å². The smallest absolute Gasteiger partial charge is 0.240 e. The highest BCUT2D eigenvalue weighted by Gasteiger charge is 2.25. The summed E-state index contributed by atoms with van der Waals surface area (Å²) in [5.74, 6) is -0.515. The van der Waals surface area contributed by atoms with Crippen LogP contribution in [0.5, 0.6) is 0 Å². The van der Waals surface area contributed by atoms with Crippen LogP contribution in [-0.2, 0) is 14.8 Å². The number of nitrogens with one attached hydrogen (secondary N) is 1. The molecule has 1 aliphatic rings. The molecule has 1 fully saturated rings. The van der Waals surface area contributed by atoms with Gasteiger partial charge in [0.25, 0.3) is 0 Å². The lowest BCUT2D eigenvalue weighted by molar-refractivity contribution is 0.0585. The number of hydrogen-bond donors (Lipinski definition) is 1. The van der Waals surface area contributed by atoms with Crippen LogP contribution in [0.3, 0.4) is 0 Å². The van der Waals surface area contributed by atoms with Crippen LogP contribution in [0, 0.1) is 23.1 Å². The highest BCUT2D eigenvalue weighted by Crippen LogP contribution is 2.21. The van der Waals surface area contributed by atoms with Crippen molar-refractivity contribution in [3.63, 3.8) is 0 Å². The van der Waals surface area contributed by atoms with Gasteiger partial charge in [-0.1, -0.05) is 0 Å². The highest BCUT2D eigenvalue weighted by atomic mass is 32.2. The zero-order valence-corrected chi connectivity index (χ0v) is 12.5. The number of rotatable bonds is 4. The maximum Gasteiger partial charge on any atom is 0.240 e. The third-order valence-corrected chi connectivity index (χ3v) is 5.24. The van der Waals surface area contributed by atoms with Crippen LogP contribution in [0.4, 0.5) is 4.39 Å². The number of sulfonamides is 1. The van der Waals surface area contributed by atoms with Crippen molar-refractivity contribution in [2.45, 2.75) is 30.7 Å². The van der Waals surface area contributed by atoms with E-state index < -0.39 is 15.8 Å². The third kappa shape index (κ3) is 3.79. The molecule has 0 aliphatic carbocycles. The van der Waals surface area contributed by atoms with Crippen LogP contribution in [0.1, 0.15) is 25.3 Å². The predicted molar refractivity (Wildman–Crippen MR) is 74.4 cm³/mol. The van der Waals surface area contributed by atoms with E-state index in [1.54, 1.807) is 6.07 Å². The standard InChI is InChI=1S/C14H17FN2O3S/c1-10(11-4-6-20-7-5-11)17-21(18,19)13-2-3-14(15)12(8-13)9-16/h2-3,8,10-11,17H,4-7H2,1H3. The van der Waals surface area contributed by atoms with Gasteiger partial charge in [-0.15, -0.1) is 0 Å². The van der Waals surface area contributed by atoms with Crippen molar-refractivity contribution in [1.82, 2.24) is 4.72 Å². The molecule has 0 spiro atoms. The molecule has 1 unspecified atom stereocenters. The van der Waals surface area contributed by atoms with E-state index >= 15 is 0 Å². The average Bonchev–Trinajstić information content (AvgIpc) is 2.48. The number of nitriles is 1. The summed E-state index contributed by atoms with van der Waals surface area (Å²) in [5, 5.41) is 8.78. The summed E-state index contributed by atoms with van der Waals surface area (Å²) < 4.78 is 45.7. The average molecular weight is 312 g/mol. The normalized spacial score (nSPS) is 18.1. The molecular formula is C14H17FN2O3S. The Bertz CT molecular complexity index is 649. The monoisotopic (exact) mass is 312 g/mol. The van der Waals surface area contributed by atoms with Crippen molar-refractivity contribution in [3.8, 4) is 6.07 Å². The summed E-state index contributed by atoms with van der Waals surface area (Å²) in [5.41, 5.74) is -0.281. The number of hydrogen-bond acceptors (Lipinski definition) is 4. The molecule has 1 saturated heterocycles. The molecule has 1 N–H and O–H groups in total. The SMILES string of the molecule is CC(NS(=O)(=O)c1ccc(F)c(C#N)c1)C1CCOCC1. The Morgan fingerprint density at radius 1 is 1.43 bits per heavy atom. The van der Waals surface area contributed by atoms with Crippen LogP contribution >= 0.6 is 0 Å². The Hall–Kier alpha value is -1.49. The Kier molecular flexibility index (Phi) is 4.93. The first-order valence-corrected chi connectivity index (χ1v) is 8.22. The zero-order valence-electron chi connectivity index (χ0n) is 11.7. The van der Waals surface area contributed by atoms with Crippen molar-refractivity contribution in [1.29, 1.82) is 5.26 Å². The van der Waals surface area contributed by atoms with E-state index in [9.17, 15) is 12.8 Å². The lowest BCUT2D eigenvalue weighted by Crippen LogP contribution is -2.40. The molecule has 5 nitrogen and oxygen atoms in total. The molecule has 1 aromatic rings. The van der Waals surface area contributed by atoms with E-state index in [0.717, 1.165) is 31.0 Å². The van der Waals surface area contributed by atoms with E-state index in [1.165, 1.54) is 0 Å². The zero-order chi connectivity index (χ0) is 15.5. The maximum atomic E-state index is 13.3. The van der Waals surface area contributed by atoms with E-state index in [1.807, 2.05) is 6.92 Å². The van der Waals surface area contributed by atoms with Crippen LogP contribution in [0.2, 0.25) is 0 Å². The van der Waals surface area contributed by atoms with Gasteiger partial charge in [0, 0.05) is 19.3 Å². The second kappa shape index (κ2) is 6.52. The maximum absolute atomic E-state index is 13.3. The van der Waals surface area contributed by atoms with Gasteiger partial charge in [0.15, 0.2) is 0 Å². The van der Waals surface area contributed by atoms with Crippen molar-refractivity contribution in [2.24, 2.45) is 5.92 Å². The lowest BCUT2D eigenvalue weighted by atomic mass is 9.94. The fourth-order valence-corrected chi connectivity index (χ4v) is 3.72. The van der Waals surface area contributed by atoms with Gasteiger partial charge in [-0.25, -0.2) is 17.5 Å². The number of nitrogens with zero attached hydrogens (tertiary/aromatic N) is 1. The lowest BCUT2D eigenvalue weighted by Gasteiger charge is -2.28. The van der Waals surface area contributed by atoms with E-state index in [4.69, 9.17) is 10.00 Å². The fraction of sp³-hybridized carbons (Fsp3) is 0.500. The molecular weight excluding hydrogens is 295 g/mol. The number of benzene rings is 1. The van der Waals surface area contributed by atoms with Gasteiger partial charge < -0.3 is 4.74 Å². The van der Waals surface area contributed by atoms with E-state index in [0.29, 0.717) is 13.2 Å². The molecule has 0 bridgehead atoms. The van der Waals surface area contributed by atoms with Crippen LogP contribution in [0.15, 0.2) is 23.1 Å². The van der Waals surface area contributed by atoms with Gasteiger partial charge >= 0.3 is 0 Å². The summed E-state index contributed by atoms with van der Waals surface area (Å²) in [4.78, 5) is -0.0978. The molecule has 114 valence electrons. The number of halogens is 1. The second-order valence-corrected chi connectivity index (χ2v) is 6.83. The first-order chi connectivity index (χ1) is 9.94. The third-order valence-electron chi connectivity index (χ3n) is 3.68. The molecule has 0 amide bonds.